The van der Waals surface area contributed by atoms with Gasteiger partial charge in [-0.2, -0.15) is 0 Å². The Hall–Kier alpha value is -0.420. The molecule has 0 aliphatic heterocycles. The quantitative estimate of drug-likeness (QED) is 0.625. The van der Waals surface area contributed by atoms with Crippen LogP contribution in [0.15, 0.2) is 0 Å². The molecule has 1 amide bonds. The number of nitrogens with zero attached hydrogens (tertiary/aromatic N) is 1. The van der Waals surface area contributed by atoms with E-state index in [2.05, 4.69) is 12.2 Å². The Morgan fingerprint density at radius 3 is 1.06 bits per heavy atom. The summed E-state index contributed by atoms with van der Waals surface area (Å²) in [4.78, 5) is 21.0. The van der Waals surface area contributed by atoms with E-state index >= 15 is 0 Å². The van der Waals surface area contributed by atoms with Crippen LogP contribution in [0.2, 0.25) is 0 Å². The van der Waals surface area contributed by atoms with E-state index in [0.717, 1.165) is 4.20 Å². The van der Waals surface area contributed by atoms with Crippen molar-refractivity contribution in [3.8, 4) is 0 Å². The van der Waals surface area contributed by atoms with Crippen LogP contribution in [0.5, 0.6) is 0 Å². The molecule has 0 N–H and O–H groups in total. The van der Waals surface area contributed by atoms with Gasteiger partial charge in [-0.25, -0.2) is 0 Å². The van der Waals surface area contributed by atoms with Crippen molar-refractivity contribution in [2.75, 3.05) is 20.4 Å². The van der Waals surface area contributed by atoms with E-state index < -0.39 is 0 Å². The first kappa shape index (κ1) is 36.0. The predicted molar refractivity (Wildman–Crippen MR) is 92.7 cm³/mol. The second kappa shape index (κ2) is 25.4. The minimum absolute atomic E-state index is 0. The first-order valence-corrected chi connectivity index (χ1v) is 5.98. The fourth-order valence-corrected chi connectivity index (χ4v) is 0. The number of rotatable bonds is 0. The molecular weight excluding hydrogens is 266 g/mol. The molecule has 0 aromatic rings. The molecule has 5 heteroatoms. The zero-order chi connectivity index (χ0) is 13.0. The molecule has 0 fully saturated rings. The van der Waals surface area contributed by atoms with Crippen LogP contribution in [-0.4, -0.2) is 41.1 Å². The van der Waals surface area contributed by atoms with Gasteiger partial charge in [0.15, 0.2) is 0 Å². The summed E-state index contributed by atoms with van der Waals surface area (Å²) < 4.78 is 1.00. The number of amides is 1. The first-order valence-electron chi connectivity index (χ1n) is 4.34. The monoisotopic (exact) mass is 299 g/mol. The molecule has 0 rings (SSSR count). The lowest BCUT2D eigenvalue weighted by Crippen LogP contribution is -2.17. The van der Waals surface area contributed by atoms with Crippen LogP contribution in [0.25, 0.3) is 0 Å². The zero-order valence-electron chi connectivity index (χ0n) is 10.6. The molecule has 0 radical (unpaired) electrons. The Labute approximate surface area is 125 Å². The highest BCUT2D eigenvalue weighted by molar-refractivity contribution is 8.22. The Balaban J connectivity index is -0.0000000282. The number of hydrogen-bond donors (Lipinski definition) is 0. The topological polar surface area (TPSA) is 37.4 Å². The van der Waals surface area contributed by atoms with Crippen molar-refractivity contribution in [1.82, 2.24) is 4.90 Å². The molecule has 0 spiro atoms. The third kappa shape index (κ3) is 106. The fourth-order valence-electron chi connectivity index (χ4n) is 0. The molecule has 0 saturated heterocycles. The smallest absolute Gasteiger partial charge is 0.218 e. The molecule has 114 valence electrons. The van der Waals surface area contributed by atoms with E-state index in [-0.39, 0.29) is 34.0 Å². The highest BCUT2D eigenvalue weighted by Gasteiger charge is 1.87. The van der Waals surface area contributed by atoms with Crippen LogP contribution in [0, 0.1) is 0 Å². The minimum atomic E-state index is 0. The maximum Gasteiger partial charge on any atom is 0.218 e. The summed E-state index contributed by atoms with van der Waals surface area (Å²) in [6.07, 6.45) is 1.97. The molecule has 0 aliphatic carbocycles. The Morgan fingerprint density at radius 2 is 1.06 bits per heavy atom. The number of ketones is 1. The van der Waals surface area contributed by atoms with E-state index in [0.29, 0.717) is 0 Å². The molecule has 0 aromatic carbocycles. The van der Waals surface area contributed by atoms with Gasteiger partial charge in [-0.1, -0.05) is 34.5 Å². The molecule has 0 atom stereocenters. The summed E-state index contributed by atoms with van der Waals surface area (Å²) in [5, 5.41) is 0. The van der Waals surface area contributed by atoms with Crippen molar-refractivity contribution < 1.29 is 9.59 Å². The van der Waals surface area contributed by atoms with Crippen molar-refractivity contribution in [2.45, 2.75) is 50.0 Å². The van der Waals surface area contributed by atoms with E-state index in [1.54, 1.807) is 25.9 Å². The van der Waals surface area contributed by atoms with Crippen LogP contribution in [0.3, 0.4) is 0 Å². The second-order valence-electron chi connectivity index (χ2n) is 3.02. The second-order valence-corrected chi connectivity index (χ2v) is 4.91. The number of hydrogen-bond acceptors (Lipinski definition) is 4. The molecule has 0 bridgehead atoms. The third-order valence-electron chi connectivity index (χ3n) is 0.917. The summed E-state index contributed by atoms with van der Waals surface area (Å²) >= 11 is 6.27. The van der Waals surface area contributed by atoms with Gasteiger partial charge in [0.25, 0.3) is 0 Å². The lowest BCUT2D eigenvalue weighted by molar-refractivity contribution is -0.126. The van der Waals surface area contributed by atoms with Crippen LogP contribution in [0.4, 0.5) is 0 Å². The highest BCUT2D eigenvalue weighted by atomic mass is 32.2. The van der Waals surface area contributed by atoms with Crippen LogP contribution in [-0.2, 0) is 9.59 Å². The number of Topliss-reactive ketones (excluding diaryl/α,β-unsaturated/α-hetero) is 1. The fraction of sp³-hybridized carbons (Fsp3) is 0.769. The van der Waals surface area contributed by atoms with Gasteiger partial charge in [-0.15, -0.1) is 11.8 Å². The Morgan fingerprint density at radius 1 is 0.944 bits per heavy atom. The molecule has 18 heavy (non-hydrogen) atoms. The summed E-state index contributed by atoms with van der Waals surface area (Å²) in [5.41, 5.74) is 0. The Kier molecular flexibility index (Phi) is 50.9. The van der Waals surface area contributed by atoms with Gasteiger partial charge < -0.3 is 9.69 Å². The zero-order valence-corrected chi connectivity index (χ0v) is 12.2. The first-order chi connectivity index (χ1) is 6.64. The van der Waals surface area contributed by atoms with E-state index in [1.165, 1.54) is 25.7 Å². The maximum absolute atomic E-state index is 10.1. The van der Waals surface area contributed by atoms with Gasteiger partial charge in [0.05, 0.1) is 0 Å². The van der Waals surface area contributed by atoms with E-state index in [9.17, 15) is 9.59 Å². The van der Waals surface area contributed by atoms with Crippen molar-refractivity contribution >= 4 is 39.9 Å². The van der Waals surface area contributed by atoms with Crippen LogP contribution >= 0.6 is 24.0 Å². The number of carbonyl (C=O) groups excluding carboxylic acids is 2. The molecule has 0 aliphatic rings. The molecule has 0 unspecified atom stereocenters. The van der Waals surface area contributed by atoms with Gasteiger partial charge in [0.1, 0.15) is 5.78 Å². The molecule has 0 aromatic heterocycles. The average Bonchev–Trinajstić information content (AvgIpc) is 2.04. The number of thiocarbonyl (C=S) groups is 1. The van der Waals surface area contributed by atoms with Crippen LogP contribution in [0.1, 0.15) is 50.0 Å². The van der Waals surface area contributed by atoms with Gasteiger partial charge in [0, 0.05) is 25.2 Å². The summed E-state index contributed by atoms with van der Waals surface area (Å²) in [6.45, 7) is 6.50. The number of carbonyl (C=O) groups is 2. The lowest BCUT2D eigenvalue weighted by atomic mass is 10.6. The highest BCUT2D eigenvalue weighted by Crippen LogP contribution is 1.92. The van der Waals surface area contributed by atoms with Crippen molar-refractivity contribution in [3.63, 3.8) is 0 Å². The maximum atomic E-state index is 10.1. The minimum Gasteiger partial charge on any atom is -0.349 e. The Bertz CT molecular complexity index is 201. The summed E-state index contributed by atoms with van der Waals surface area (Å²) in [7, 11) is 3.45. The molecular formula is C13H33NO2S2. The standard InChI is InChI=1S/C4H9NO.C3H6O.C3H6S2.3CH4/c1-4(6)5(2)3;1-3(2)4;1-3(4)5-2;;;/h1-3H3;1-2H3;1-2H3;3*1H4. The molecule has 0 heterocycles. The van der Waals surface area contributed by atoms with Gasteiger partial charge in [-0.05, 0) is 27.0 Å². The molecule has 0 saturated carbocycles. The molecule has 3 nitrogen and oxygen atoms in total. The van der Waals surface area contributed by atoms with Crippen LogP contribution < -0.4 is 0 Å². The average molecular weight is 300 g/mol. The normalized spacial score (nSPS) is 6.17. The predicted octanol–water partition coefficient (Wildman–Crippen LogP) is 4.29. The largest absolute Gasteiger partial charge is 0.349 e. The third-order valence-corrected chi connectivity index (χ3v) is 1.99. The van der Waals surface area contributed by atoms with Crippen molar-refractivity contribution in [1.29, 1.82) is 0 Å². The van der Waals surface area contributed by atoms with E-state index in [4.69, 9.17) is 0 Å². The number of thioether (sulfide) groups is 1. The van der Waals surface area contributed by atoms with Gasteiger partial charge in [0.2, 0.25) is 5.91 Å². The lowest BCUT2D eigenvalue weighted by Gasteiger charge is -2.02. The van der Waals surface area contributed by atoms with Crippen molar-refractivity contribution in [3.05, 3.63) is 0 Å². The van der Waals surface area contributed by atoms with Gasteiger partial charge >= 0.3 is 0 Å². The summed E-state index contributed by atoms with van der Waals surface area (Å²) in [5.74, 6) is 0.259. The van der Waals surface area contributed by atoms with Gasteiger partial charge in [-0.3, -0.25) is 4.79 Å². The SMILES string of the molecule is C.C.C.CC(=O)N(C)C.CC(C)=O.CSC(C)=S. The van der Waals surface area contributed by atoms with E-state index in [1.807, 2.05) is 13.2 Å². The van der Waals surface area contributed by atoms with Crippen molar-refractivity contribution in [2.24, 2.45) is 0 Å². The summed E-state index contributed by atoms with van der Waals surface area (Å²) in [6, 6.07) is 0.